The first-order chi connectivity index (χ1) is 9.65. The number of hydrogen-bond acceptors (Lipinski definition) is 2. The van der Waals surface area contributed by atoms with Crippen molar-refractivity contribution in [1.29, 1.82) is 0 Å². The quantitative estimate of drug-likeness (QED) is 0.785. The Balaban J connectivity index is 1.84. The van der Waals surface area contributed by atoms with Gasteiger partial charge in [0.2, 0.25) is 0 Å². The number of fused-ring (bicyclic) bond motifs is 1. The van der Waals surface area contributed by atoms with Crippen LogP contribution in [0.5, 0.6) is 0 Å². The highest BCUT2D eigenvalue weighted by atomic mass is 16.1. The molecule has 2 heterocycles. The molecule has 20 heavy (non-hydrogen) atoms. The van der Waals surface area contributed by atoms with Crippen LogP contribution in [0.15, 0.2) is 18.2 Å². The Bertz CT molecular complexity index is 599. The van der Waals surface area contributed by atoms with Gasteiger partial charge in [-0.1, -0.05) is 12.1 Å². The molecule has 4 nitrogen and oxygen atoms in total. The fraction of sp³-hybridized carbons (Fsp3) is 0.438. The van der Waals surface area contributed by atoms with Gasteiger partial charge in [0.15, 0.2) is 0 Å². The summed E-state index contributed by atoms with van der Waals surface area (Å²) in [5.74, 6) is -0.00583. The number of H-pyrrole nitrogens is 1. The summed E-state index contributed by atoms with van der Waals surface area (Å²) in [7, 11) is 0. The van der Waals surface area contributed by atoms with E-state index in [1.807, 2.05) is 6.07 Å². The number of nitrogens with one attached hydrogen (secondary N) is 3. The van der Waals surface area contributed by atoms with Crippen molar-refractivity contribution in [3.63, 3.8) is 0 Å². The Morgan fingerprint density at radius 1 is 1.30 bits per heavy atom. The van der Waals surface area contributed by atoms with Crippen molar-refractivity contribution in [1.82, 2.24) is 15.6 Å². The number of aromatic amines is 1. The maximum Gasteiger partial charge on any atom is 0.267 e. The highest BCUT2D eigenvalue weighted by molar-refractivity contribution is 5.99. The van der Waals surface area contributed by atoms with Crippen LogP contribution in [-0.2, 0) is 0 Å². The van der Waals surface area contributed by atoms with E-state index in [-0.39, 0.29) is 11.9 Å². The van der Waals surface area contributed by atoms with Gasteiger partial charge in [0, 0.05) is 23.5 Å². The van der Waals surface area contributed by atoms with Gasteiger partial charge in [0.25, 0.3) is 5.91 Å². The topological polar surface area (TPSA) is 56.9 Å². The van der Waals surface area contributed by atoms with Crippen molar-refractivity contribution in [3.05, 3.63) is 35.0 Å². The Kier molecular flexibility index (Phi) is 3.49. The molecular weight excluding hydrogens is 250 g/mol. The van der Waals surface area contributed by atoms with E-state index in [9.17, 15) is 4.79 Å². The fourth-order valence-electron chi connectivity index (χ4n) is 2.86. The van der Waals surface area contributed by atoms with Crippen LogP contribution in [0.25, 0.3) is 10.9 Å². The van der Waals surface area contributed by atoms with Gasteiger partial charge in [-0.2, -0.15) is 0 Å². The lowest BCUT2D eigenvalue weighted by Gasteiger charge is -2.23. The molecule has 1 fully saturated rings. The Hall–Kier alpha value is -1.81. The van der Waals surface area contributed by atoms with Crippen LogP contribution in [0.3, 0.4) is 0 Å². The summed E-state index contributed by atoms with van der Waals surface area (Å²) in [5.41, 5.74) is 4.09. The van der Waals surface area contributed by atoms with Crippen LogP contribution in [0.2, 0.25) is 0 Å². The molecule has 1 aromatic heterocycles. The smallest absolute Gasteiger partial charge is 0.267 e. The maximum atomic E-state index is 12.3. The van der Waals surface area contributed by atoms with E-state index in [0.717, 1.165) is 36.8 Å². The maximum absolute atomic E-state index is 12.3. The van der Waals surface area contributed by atoms with E-state index < -0.39 is 0 Å². The molecule has 3 rings (SSSR count). The van der Waals surface area contributed by atoms with E-state index in [1.54, 1.807) is 0 Å². The van der Waals surface area contributed by atoms with Gasteiger partial charge in [0.05, 0.1) is 0 Å². The van der Waals surface area contributed by atoms with Gasteiger partial charge in [0.1, 0.15) is 5.69 Å². The molecule has 2 aromatic rings. The second-order valence-corrected chi connectivity index (χ2v) is 5.69. The van der Waals surface area contributed by atoms with Crippen molar-refractivity contribution in [3.8, 4) is 0 Å². The van der Waals surface area contributed by atoms with Crippen molar-refractivity contribution < 1.29 is 4.79 Å². The first-order valence-electron chi connectivity index (χ1n) is 7.25. The largest absolute Gasteiger partial charge is 0.350 e. The zero-order valence-electron chi connectivity index (χ0n) is 12.0. The molecule has 1 aromatic carbocycles. The van der Waals surface area contributed by atoms with Crippen LogP contribution in [0, 0.1) is 13.8 Å². The van der Waals surface area contributed by atoms with Gasteiger partial charge >= 0.3 is 0 Å². The number of amides is 1. The molecule has 4 heteroatoms. The van der Waals surface area contributed by atoms with Crippen molar-refractivity contribution in [2.75, 3.05) is 13.1 Å². The minimum absolute atomic E-state index is 0.00583. The van der Waals surface area contributed by atoms with E-state index in [1.165, 1.54) is 11.1 Å². The Morgan fingerprint density at radius 2 is 2.10 bits per heavy atom. The Labute approximate surface area is 118 Å². The average molecular weight is 271 g/mol. The number of carbonyl (C=O) groups excluding carboxylic acids is 1. The summed E-state index contributed by atoms with van der Waals surface area (Å²) in [6.07, 6.45) is 2.17. The molecule has 0 unspecified atom stereocenters. The standard InChI is InChI=1S/C16H21N3O/c1-10-5-6-11(2)15-13(10)8-14(19-15)16(20)18-12-4-3-7-17-9-12/h5-6,8,12,17,19H,3-4,7,9H2,1-2H3,(H,18,20)/t12-/m1/s1. The number of benzene rings is 1. The molecule has 0 aliphatic carbocycles. The zero-order chi connectivity index (χ0) is 14.1. The van der Waals surface area contributed by atoms with Gasteiger partial charge in [-0.25, -0.2) is 0 Å². The summed E-state index contributed by atoms with van der Waals surface area (Å²) in [6.45, 7) is 6.05. The zero-order valence-corrected chi connectivity index (χ0v) is 12.0. The van der Waals surface area contributed by atoms with E-state index >= 15 is 0 Å². The van der Waals surface area contributed by atoms with Crippen molar-refractivity contribution in [2.45, 2.75) is 32.7 Å². The molecule has 1 atom stereocenters. The molecule has 0 radical (unpaired) electrons. The second kappa shape index (κ2) is 5.29. The number of aryl methyl sites for hydroxylation is 2. The van der Waals surface area contributed by atoms with Crippen molar-refractivity contribution >= 4 is 16.8 Å². The predicted octanol–water partition coefficient (Wildman–Crippen LogP) is 2.27. The summed E-state index contributed by atoms with van der Waals surface area (Å²) >= 11 is 0. The van der Waals surface area contributed by atoms with Crippen LogP contribution >= 0.6 is 0 Å². The van der Waals surface area contributed by atoms with E-state index in [0.29, 0.717) is 5.69 Å². The third-order valence-corrected chi connectivity index (χ3v) is 4.10. The molecule has 0 bridgehead atoms. The van der Waals surface area contributed by atoms with E-state index in [2.05, 4.69) is 41.6 Å². The summed E-state index contributed by atoms with van der Waals surface area (Å²) < 4.78 is 0. The molecular formula is C16H21N3O. The summed E-state index contributed by atoms with van der Waals surface area (Å²) in [4.78, 5) is 15.6. The second-order valence-electron chi connectivity index (χ2n) is 5.69. The highest BCUT2D eigenvalue weighted by Crippen LogP contribution is 2.22. The van der Waals surface area contributed by atoms with Gasteiger partial charge in [-0.3, -0.25) is 4.79 Å². The minimum atomic E-state index is -0.00583. The highest BCUT2D eigenvalue weighted by Gasteiger charge is 2.18. The third kappa shape index (κ3) is 2.43. The Morgan fingerprint density at radius 3 is 2.80 bits per heavy atom. The number of carbonyl (C=O) groups is 1. The fourth-order valence-corrected chi connectivity index (χ4v) is 2.86. The summed E-state index contributed by atoms with van der Waals surface area (Å²) in [5, 5.41) is 7.55. The summed E-state index contributed by atoms with van der Waals surface area (Å²) in [6, 6.07) is 6.38. The molecule has 0 spiro atoms. The van der Waals surface area contributed by atoms with Gasteiger partial charge in [-0.05, 0) is 50.4 Å². The molecule has 1 aliphatic heterocycles. The number of piperidine rings is 1. The van der Waals surface area contributed by atoms with Crippen LogP contribution in [0.4, 0.5) is 0 Å². The molecule has 1 aliphatic rings. The SMILES string of the molecule is Cc1ccc(C)c2[nH]c(C(=O)N[C@@H]3CCCNC3)cc12. The lowest BCUT2D eigenvalue weighted by atomic mass is 10.1. The third-order valence-electron chi connectivity index (χ3n) is 4.10. The number of aromatic nitrogens is 1. The minimum Gasteiger partial charge on any atom is -0.350 e. The predicted molar refractivity (Wildman–Crippen MR) is 81.1 cm³/mol. The number of hydrogen-bond donors (Lipinski definition) is 3. The normalized spacial score (nSPS) is 19.2. The van der Waals surface area contributed by atoms with Crippen LogP contribution in [0.1, 0.15) is 34.5 Å². The lowest BCUT2D eigenvalue weighted by molar-refractivity contribution is 0.0926. The monoisotopic (exact) mass is 271 g/mol. The first-order valence-corrected chi connectivity index (χ1v) is 7.25. The van der Waals surface area contributed by atoms with Crippen LogP contribution in [-0.4, -0.2) is 30.0 Å². The lowest BCUT2D eigenvalue weighted by Crippen LogP contribution is -2.45. The first kappa shape index (κ1) is 13.2. The van der Waals surface area contributed by atoms with Crippen LogP contribution < -0.4 is 10.6 Å². The van der Waals surface area contributed by atoms with E-state index in [4.69, 9.17) is 0 Å². The average Bonchev–Trinajstić information content (AvgIpc) is 2.91. The van der Waals surface area contributed by atoms with Gasteiger partial charge < -0.3 is 15.6 Å². The molecule has 1 saturated heterocycles. The van der Waals surface area contributed by atoms with Crippen molar-refractivity contribution in [2.24, 2.45) is 0 Å². The molecule has 0 saturated carbocycles. The molecule has 1 amide bonds. The molecule has 106 valence electrons. The number of rotatable bonds is 2. The van der Waals surface area contributed by atoms with Gasteiger partial charge in [-0.15, -0.1) is 0 Å². The molecule has 3 N–H and O–H groups in total.